The Morgan fingerprint density at radius 3 is 2.10 bits per heavy atom. The predicted octanol–water partition coefficient (Wildman–Crippen LogP) is 4.96. The molecule has 3 N–H and O–H groups in total. The lowest BCUT2D eigenvalue weighted by atomic mass is 10.1. The molecular weight excluding hydrogens is 464 g/mol. The Hall–Kier alpha value is -2.98. The fraction of sp³-hybridized carbons (Fsp3) is 0.211. The van der Waals surface area contributed by atoms with Gasteiger partial charge < -0.3 is 20.5 Å². The highest BCUT2D eigenvalue weighted by molar-refractivity contribution is 6.37. The first kappa shape index (κ1) is 24.3. The van der Waals surface area contributed by atoms with Gasteiger partial charge in [0.15, 0.2) is 5.75 Å². The molecule has 12 heteroatoms. The molecular formula is C19H15Cl2F3N2O5. The maximum Gasteiger partial charge on any atom is 0.416 e. The molecule has 0 atom stereocenters. The van der Waals surface area contributed by atoms with Crippen LogP contribution in [0.15, 0.2) is 30.3 Å². The van der Waals surface area contributed by atoms with Crippen molar-refractivity contribution < 1.29 is 37.4 Å². The number of hydrogen-bond acceptors (Lipinski definition) is 4. The van der Waals surface area contributed by atoms with Crippen LogP contribution in [-0.2, 0) is 27.2 Å². The van der Waals surface area contributed by atoms with Crippen molar-refractivity contribution in [3.63, 3.8) is 0 Å². The molecule has 0 saturated carbocycles. The zero-order chi connectivity index (χ0) is 23.3. The first-order chi connectivity index (χ1) is 14.3. The molecule has 0 fully saturated rings. The number of carbonyl (C=O) groups excluding carboxylic acids is 2. The summed E-state index contributed by atoms with van der Waals surface area (Å²) in [5.74, 6) is -2.73. The number of carboxylic acids is 1. The number of ether oxygens (including phenoxy) is 1. The smallest absolute Gasteiger partial charge is 0.416 e. The molecule has 2 rings (SSSR count). The molecule has 0 unspecified atom stereocenters. The van der Waals surface area contributed by atoms with Crippen molar-refractivity contribution in [1.82, 2.24) is 0 Å². The second kappa shape index (κ2) is 9.88. The zero-order valence-electron chi connectivity index (χ0n) is 15.8. The van der Waals surface area contributed by atoms with Crippen molar-refractivity contribution in [2.75, 3.05) is 10.6 Å². The molecule has 0 bridgehead atoms. The fourth-order valence-electron chi connectivity index (χ4n) is 2.48. The van der Waals surface area contributed by atoms with Crippen LogP contribution >= 0.6 is 23.2 Å². The largest absolute Gasteiger partial charge is 0.486 e. The van der Waals surface area contributed by atoms with Gasteiger partial charge in [0.25, 0.3) is 0 Å². The standard InChI is InChI=1S/C19H15Cl2F3N2O5/c1-9(27)25-12-3-10(2-11(4-12)19(22,23)24)8-31-18-14(20)5-13(6-15(18)21)26-16(28)7-17(29)30/h2-6H,7-8H2,1H3,(H,25,27)(H,26,28)(H,29,30). The molecule has 0 aliphatic rings. The fourth-order valence-corrected chi connectivity index (χ4v) is 3.08. The molecule has 0 saturated heterocycles. The number of amides is 2. The van der Waals surface area contributed by atoms with Crippen LogP contribution in [-0.4, -0.2) is 22.9 Å². The minimum Gasteiger partial charge on any atom is -0.486 e. The van der Waals surface area contributed by atoms with E-state index in [0.29, 0.717) is 0 Å². The summed E-state index contributed by atoms with van der Waals surface area (Å²) in [5, 5.41) is 13.1. The van der Waals surface area contributed by atoms with Crippen molar-refractivity contribution in [3.8, 4) is 5.75 Å². The Balaban J connectivity index is 2.23. The third-order valence-electron chi connectivity index (χ3n) is 3.62. The van der Waals surface area contributed by atoms with E-state index < -0.39 is 35.9 Å². The number of carboxylic acid groups (broad SMARTS) is 1. The van der Waals surface area contributed by atoms with Crippen LogP contribution in [0.4, 0.5) is 24.5 Å². The molecule has 0 aliphatic carbocycles. The SMILES string of the molecule is CC(=O)Nc1cc(COc2c(Cl)cc(NC(=O)CC(=O)O)cc2Cl)cc(C(F)(F)F)c1. The lowest BCUT2D eigenvalue weighted by Crippen LogP contribution is -2.16. The molecule has 2 amide bonds. The quantitative estimate of drug-likeness (QED) is 0.487. The lowest BCUT2D eigenvalue weighted by Gasteiger charge is -2.15. The van der Waals surface area contributed by atoms with Crippen LogP contribution in [0.5, 0.6) is 5.75 Å². The summed E-state index contributed by atoms with van der Waals surface area (Å²) in [6.07, 6.45) is -5.41. The molecule has 0 spiro atoms. The monoisotopic (exact) mass is 478 g/mol. The van der Waals surface area contributed by atoms with Gasteiger partial charge in [-0.25, -0.2) is 0 Å². The van der Waals surface area contributed by atoms with E-state index in [9.17, 15) is 27.6 Å². The van der Waals surface area contributed by atoms with Gasteiger partial charge in [-0.2, -0.15) is 13.2 Å². The number of nitrogens with one attached hydrogen (secondary N) is 2. The van der Waals surface area contributed by atoms with Crippen molar-refractivity contribution in [2.45, 2.75) is 26.1 Å². The first-order valence-electron chi connectivity index (χ1n) is 8.47. The Labute approximate surface area is 184 Å². The van der Waals surface area contributed by atoms with E-state index in [0.717, 1.165) is 19.1 Å². The molecule has 31 heavy (non-hydrogen) atoms. The van der Waals surface area contributed by atoms with E-state index >= 15 is 0 Å². The second-order valence-electron chi connectivity index (χ2n) is 6.27. The summed E-state index contributed by atoms with van der Waals surface area (Å²) in [6, 6.07) is 5.45. The molecule has 7 nitrogen and oxygen atoms in total. The molecule has 0 radical (unpaired) electrons. The highest BCUT2D eigenvalue weighted by atomic mass is 35.5. The van der Waals surface area contributed by atoms with Gasteiger partial charge in [0.05, 0.1) is 15.6 Å². The Morgan fingerprint density at radius 2 is 1.58 bits per heavy atom. The molecule has 2 aromatic carbocycles. The van der Waals surface area contributed by atoms with Gasteiger partial charge in [0, 0.05) is 18.3 Å². The van der Waals surface area contributed by atoms with E-state index in [1.54, 1.807) is 0 Å². The third-order valence-corrected chi connectivity index (χ3v) is 4.18. The number of alkyl halides is 3. The molecule has 0 aromatic heterocycles. The van der Waals surface area contributed by atoms with Crippen molar-refractivity contribution in [3.05, 3.63) is 51.5 Å². The summed E-state index contributed by atoms with van der Waals surface area (Å²) < 4.78 is 44.9. The minimum absolute atomic E-state index is 0.0574. The van der Waals surface area contributed by atoms with Gasteiger partial charge in [-0.1, -0.05) is 23.2 Å². The predicted molar refractivity (Wildman–Crippen MR) is 107 cm³/mol. The lowest BCUT2D eigenvalue weighted by molar-refractivity contribution is -0.140. The van der Waals surface area contributed by atoms with Gasteiger partial charge in [-0.3, -0.25) is 14.4 Å². The highest BCUT2D eigenvalue weighted by Crippen LogP contribution is 2.37. The van der Waals surface area contributed by atoms with E-state index in [1.807, 2.05) is 0 Å². The van der Waals surface area contributed by atoms with Crippen LogP contribution < -0.4 is 15.4 Å². The summed E-state index contributed by atoms with van der Waals surface area (Å²) in [7, 11) is 0. The molecule has 0 aliphatic heterocycles. The Kier molecular flexibility index (Phi) is 7.75. The van der Waals surface area contributed by atoms with E-state index in [2.05, 4.69) is 10.6 Å². The maximum absolute atomic E-state index is 13.1. The average Bonchev–Trinajstić information content (AvgIpc) is 2.58. The third kappa shape index (κ3) is 7.34. The number of rotatable bonds is 7. The number of halogens is 5. The van der Waals surface area contributed by atoms with E-state index in [-0.39, 0.29) is 39.3 Å². The van der Waals surface area contributed by atoms with Gasteiger partial charge >= 0.3 is 12.1 Å². The van der Waals surface area contributed by atoms with Crippen molar-refractivity contribution in [1.29, 1.82) is 0 Å². The Morgan fingerprint density at radius 1 is 1.00 bits per heavy atom. The maximum atomic E-state index is 13.1. The summed E-state index contributed by atoms with van der Waals surface area (Å²) in [5.41, 5.74) is -0.842. The summed E-state index contributed by atoms with van der Waals surface area (Å²) in [4.78, 5) is 33.3. The van der Waals surface area contributed by atoms with E-state index in [4.69, 9.17) is 33.0 Å². The minimum atomic E-state index is -4.64. The van der Waals surface area contributed by atoms with Gasteiger partial charge in [-0.05, 0) is 35.9 Å². The van der Waals surface area contributed by atoms with Crippen LogP contribution in [0.25, 0.3) is 0 Å². The highest BCUT2D eigenvalue weighted by Gasteiger charge is 2.31. The summed E-state index contributed by atoms with van der Waals surface area (Å²) >= 11 is 12.2. The van der Waals surface area contributed by atoms with Crippen LogP contribution in [0.3, 0.4) is 0 Å². The van der Waals surface area contributed by atoms with Crippen LogP contribution in [0, 0.1) is 0 Å². The molecule has 0 heterocycles. The Bertz CT molecular complexity index is 1010. The van der Waals surface area contributed by atoms with Crippen molar-refractivity contribution >= 4 is 52.4 Å². The number of hydrogen-bond donors (Lipinski definition) is 3. The topological polar surface area (TPSA) is 105 Å². The average molecular weight is 479 g/mol. The number of carbonyl (C=O) groups is 3. The second-order valence-corrected chi connectivity index (χ2v) is 7.09. The van der Waals surface area contributed by atoms with Gasteiger partial charge in [0.1, 0.15) is 13.0 Å². The van der Waals surface area contributed by atoms with Crippen molar-refractivity contribution in [2.24, 2.45) is 0 Å². The van der Waals surface area contributed by atoms with E-state index in [1.165, 1.54) is 18.2 Å². The van der Waals surface area contributed by atoms with Crippen LogP contribution in [0.1, 0.15) is 24.5 Å². The van der Waals surface area contributed by atoms with Gasteiger partial charge in [0.2, 0.25) is 11.8 Å². The van der Waals surface area contributed by atoms with Gasteiger partial charge in [-0.15, -0.1) is 0 Å². The number of aliphatic carboxylic acids is 1. The zero-order valence-corrected chi connectivity index (χ0v) is 17.3. The first-order valence-corrected chi connectivity index (χ1v) is 9.23. The molecule has 166 valence electrons. The number of benzene rings is 2. The van der Waals surface area contributed by atoms with Crippen LogP contribution in [0.2, 0.25) is 10.0 Å². The normalized spacial score (nSPS) is 11.0. The summed E-state index contributed by atoms with van der Waals surface area (Å²) in [6.45, 7) is 0.799. The number of anilines is 2. The molecule has 2 aromatic rings.